The summed E-state index contributed by atoms with van der Waals surface area (Å²) >= 11 is 0. The van der Waals surface area contributed by atoms with Gasteiger partial charge in [-0.3, -0.25) is 14.2 Å². The van der Waals surface area contributed by atoms with E-state index < -0.39 is 30.4 Å². The maximum atomic E-state index is 11.5. The van der Waals surface area contributed by atoms with Crippen LogP contribution in [-0.4, -0.2) is 62.5 Å². The summed E-state index contributed by atoms with van der Waals surface area (Å²) in [5, 5.41) is 13.0. The molecule has 3 atom stereocenters. The Morgan fingerprint density at radius 3 is 2.79 bits per heavy atom. The highest BCUT2D eigenvalue weighted by Crippen LogP contribution is 2.34. The van der Waals surface area contributed by atoms with E-state index in [2.05, 4.69) is 20.3 Å². The lowest BCUT2D eigenvalue weighted by Gasteiger charge is -2.17. The number of benzene rings is 1. The summed E-state index contributed by atoms with van der Waals surface area (Å²) < 4.78 is 23.4. The number of nitrogens with zero attached hydrogens (tertiary/aromatic N) is 4. The van der Waals surface area contributed by atoms with Gasteiger partial charge in [-0.15, -0.1) is 0 Å². The van der Waals surface area contributed by atoms with Gasteiger partial charge in [0.05, 0.1) is 13.4 Å². The quantitative estimate of drug-likeness (QED) is 0.464. The van der Waals surface area contributed by atoms with Crippen molar-refractivity contribution in [1.82, 2.24) is 19.5 Å². The van der Waals surface area contributed by atoms with E-state index in [1.165, 1.54) is 27.3 Å². The van der Waals surface area contributed by atoms with Crippen molar-refractivity contribution in [2.24, 2.45) is 0 Å². The lowest BCUT2D eigenvalue weighted by atomic mass is 10.2. The summed E-state index contributed by atoms with van der Waals surface area (Å²) in [4.78, 5) is 35.8. The van der Waals surface area contributed by atoms with Crippen LogP contribution in [0.25, 0.3) is 11.2 Å². The van der Waals surface area contributed by atoms with Crippen LogP contribution in [0.4, 0.5) is 5.82 Å². The first-order chi connectivity index (χ1) is 16.4. The van der Waals surface area contributed by atoms with Crippen molar-refractivity contribution in [1.29, 1.82) is 0 Å². The summed E-state index contributed by atoms with van der Waals surface area (Å²) in [6, 6.07) is 5.06. The monoisotopic (exact) mass is 471 g/mol. The summed E-state index contributed by atoms with van der Waals surface area (Å²) in [5.41, 5.74) is 1.93. The smallest absolute Gasteiger partial charge is 0.303 e. The van der Waals surface area contributed by atoms with E-state index in [-0.39, 0.29) is 12.4 Å². The molecule has 12 heteroatoms. The zero-order valence-electron chi connectivity index (χ0n) is 18.9. The number of fused-ring (bicyclic) bond motifs is 1. The SMILES string of the molecule is COc1cc(CNc2ncnc3c2ncn3[C@H]2C[C@H](OC(C)=O)[C@@H](COC(C)=O)O2)ccc1O. The number of carbonyl (C=O) groups is 2. The first kappa shape index (κ1) is 23.2. The highest BCUT2D eigenvalue weighted by atomic mass is 16.6. The van der Waals surface area contributed by atoms with Gasteiger partial charge in [-0.2, -0.15) is 0 Å². The molecular formula is C22H25N5O7. The number of hydrogen-bond acceptors (Lipinski definition) is 11. The van der Waals surface area contributed by atoms with Crippen LogP contribution in [0.1, 0.15) is 32.1 Å². The van der Waals surface area contributed by atoms with Crippen molar-refractivity contribution in [2.75, 3.05) is 19.0 Å². The predicted molar refractivity (Wildman–Crippen MR) is 118 cm³/mol. The standard InChI is InChI=1S/C22H25N5O7/c1-12(28)32-9-18-17(33-13(2)29)7-19(34-18)27-11-26-20-21(24-10-25-22(20)27)23-8-14-4-5-15(30)16(6-14)31-3/h4-6,10-11,17-19,30H,7-9H2,1-3H3,(H,23,24,25)/t17-,18+,19+/m0/s1. The van der Waals surface area contributed by atoms with Gasteiger partial charge in [-0.25, -0.2) is 15.0 Å². The molecule has 1 aliphatic rings. The van der Waals surface area contributed by atoms with E-state index in [9.17, 15) is 14.7 Å². The van der Waals surface area contributed by atoms with Gasteiger partial charge in [0.15, 0.2) is 28.5 Å². The number of aromatic nitrogens is 4. The molecule has 0 spiro atoms. The third kappa shape index (κ3) is 5.01. The molecule has 0 saturated carbocycles. The molecule has 2 aromatic heterocycles. The van der Waals surface area contributed by atoms with Crippen LogP contribution in [0.2, 0.25) is 0 Å². The molecule has 0 aliphatic carbocycles. The average molecular weight is 471 g/mol. The van der Waals surface area contributed by atoms with Crippen LogP contribution in [-0.2, 0) is 30.3 Å². The molecule has 0 radical (unpaired) electrons. The number of rotatable bonds is 8. The maximum Gasteiger partial charge on any atom is 0.303 e. The summed E-state index contributed by atoms with van der Waals surface area (Å²) in [6.45, 7) is 3.00. The normalized spacial score (nSPS) is 19.7. The molecule has 1 aromatic carbocycles. The molecule has 4 rings (SSSR count). The number of carbonyl (C=O) groups excluding carboxylic acids is 2. The average Bonchev–Trinajstić information content (AvgIpc) is 3.40. The van der Waals surface area contributed by atoms with E-state index in [0.717, 1.165) is 5.56 Å². The van der Waals surface area contributed by atoms with Crippen LogP contribution in [0.3, 0.4) is 0 Å². The maximum absolute atomic E-state index is 11.5. The summed E-state index contributed by atoms with van der Waals surface area (Å²) in [6.07, 6.45) is 1.62. The Hall–Kier alpha value is -3.93. The molecule has 1 fully saturated rings. The number of ether oxygens (including phenoxy) is 4. The molecule has 0 amide bonds. The Labute approximate surface area is 194 Å². The molecule has 3 aromatic rings. The minimum absolute atomic E-state index is 0.0334. The van der Waals surface area contributed by atoms with Gasteiger partial charge in [-0.1, -0.05) is 6.07 Å². The molecule has 12 nitrogen and oxygen atoms in total. The van der Waals surface area contributed by atoms with Crippen molar-refractivity contribution in [3.8, 4) is 11.5 Å². The molecule has 1 saturated heterocycles. The van der Waals surface area contributed by atoms with Crippen molar-refractivity contribution in [2.45, 2.75) is 45.2 Å². The van der Waals surface area contributed by atoms with Gasteiger partial charge < -0.3 is 29.4 Å². The summed E-state index contributed by atoms with van der Waals surface area (Å²) in [7, 11) is 1.49. The molecule has 3 heterocycles. The Kier molecular flexibility index (Phi) is 6.77. The van der Waals surface area contributed by atoms with Crippen LogP contribution < -0.4 is 10.1 Å². The molecule has 34 heavy (non-hydrogen) atoms. The van der Waals surface area contributed by atoms with Crippen molar-refractivity contribution < 1.29 is 33.6 Å². The molecule has 0 unspecified atom stereocenters. The number of imidazole rings is 1. The number of phenolic OH excluding ortho intramolecular Hbond substituents is 1. The molecule has 180 valence electrons. The molecule has 2 N–H and O–H groups in total. The lowest BCUT2D eigenvalue weighted by molar-refractivity contribution is -0.155. The molecular weight excluding hydrogens is 446 g/mol. The zero-order valence-corrected chi connectivity index (χ0v) is 18.9. The number of hydrogen-bond donors (Lipinski definition) is 2. The van der Waals surface area contributed by atoms with Gasteiger partial charge in [-0.05, 0) is 17.7 Å². The van der Waals surface area contributed by atoms with E-state index in [4.69, 9.17) is 18.9 Å². The topological polar surface area (TPSA) is 147 Å². The van der Waals surface area contributed by atoms with Crippen LogP contribution in [0.15, 0.2) is 30.9 Å². The number of aromatic hydroxyl groups is 1. The Morgan fingerprint density at radius 1 is 1.24 bits per heavy atom. The van der Waals surface area contributed by atoms with E-state index >= 15 is 0 Å². The van der Waals surface area contributed by atoms with Gasteiger partial charge in [0, 0.05) is 26.8 Å². The third-order valence-corrected chi connectivity index (χ3v) is 5.32. The highest BCUT2D eigenvalue weighted by molar-refractivity contribution is 5.82. The second-order valence-corrected chi connectivity index (χ2v) is 7.72. The first-order valence-corrected chi connectivity index (χ1v) is 10.6. The third-order valence-electron chi connectivity index (χ3n) is 5.32. The van der Waals surface area contributed by atoms with E-state index in [1.54, 1.807) is 29.1 Å². The minimum atomic E-state index is -0.612. The zero-order chi connectivity index (χ0) is 24.2. The lowest BCUT2D eigenvalue weighted by Crippen LogP contribution is -2.31. The van der Waals surface area contributed by atoms with E-state index in [0.29, 0.717) is 35.7 Å². The van der Waals surface area contributed by atoms with Crippen molar-refractivity contribution in [3.05, 3.63) is 36.4 Å². The summed E-state index contributed by atoms with van der Waals surface area (Å²) in [5.74, 6) is 0.0564. The second kappa shape index (κ2) is 9.91. The Bertz CT molecular complexity index is 1200. The van der Waals surface area contributed by atoms with Gasteiger partial charge in [0.1, 0.15) is 31.4 Å². The molecule has 1 aliphatic heterocycles. The van der Waals surface area contributed by atoms with Gasteiger partial charge in [0.25, 0.3) is 0 Å². The van der Waals surface area contributed by atoms with Crippen molar-refractivity contribution >= 4 is 28.9 Å². The van der Waals surface area contributed by atoms with E-state index in [1.807, 2.05) is 0 Å². The van der Waals surface area contributed by atoms with Crippen LogP contribution >= 0.6 is 0 Å². The Balaban J connectivity index is 1.53. The fourth-order valence-electron chi connectivity index (χ4n) is 3.77. The Morgan fingerprint density at radius 2 is 2.06 bits per heavy atom. The minimum Gasteiger partial charge on any atom is -0.504 e. The fraction of sp³-hybridized carbons (Fsp3) is 0.409. The fourth-order valence-corrected chi connectivity index (χ4v) is 3.77. The molecule has 0 bridgehead atoms. The second-order valence-electron chi connectivity index (χ2n) is 7.72. The van der Waals surface area contributed by atoms with Gasteiger partial charge in [0.2, 0.25) is 0 Å². The number of methoxy groups -OCH3 is 1. The number of nitrogens with one attached hydrogen (secondary N) is 1. The number of phenols is 1. The number of anilines is 1. The van der Waals surface area contributed by atoms with Crippen molar-refractivity contribution in [3.63, 3.8) is 0 Å². The van der Waals surface area contributed by atoms with Crippen LogP contribution in [0, 0.1) is 0 Å². The highest BCUT2D eigenvalue weighted by Gasteiger charge is 2.40. The van der Waals surface area contributed by atoms with Gasteiger partial charge >= 0.3 is 11.9 Å². The largest absolute Gasteiger partial charge is 0.504 e. The predicted octanol–water partition coefficient (Wildman–Crippen LogP) is 1.93. The number of esters is 2. The van der Waals surface area contributed by atoms with Crippen LogP contribution in [0.5, 0.6) is 11.5 Å². The first-order valence-electron chi connectivity index (χ1n) is 10.6.